The third-order valence-corrected chi connectivity index (χ3v) is 3.35. The number of carbonyl (C=O) groups excluding carboxylic acids is 1. The fraction of sp³-hybridized carbons (Fsp3) is 0.462. The molecule has 1 aromatic carbocycles. The molecule has 1 aliphatic heterocycles. The first-order valence-corrected chi connectivity index (χ1v) is 6.57. The highest BCUT2D eigenvalue weighted by molar-refractivity contribution is 6.31. The summed E-state index contributed by atoms with van der Waals surface area (Å²) in [5.74, 6) is 0.505. The maximum absolute atomic E-state index is 12.0. The van der Waals surface area contributed by atoms with Crippen LogP contribution in [0.25, 0.3) is 0 Å². The van der Waals surface area contributed by atoms with Gasteiger partial charge in [0.25, 0.3) is 0 Å². The van der Waals surface area contributed by atoms with Crippen molar-refractivity contribution in [2.24, 2.45) is 5.73 Å². The van der Waals surface area contributed by atoms with E-state index in [9.17, 15) is 4.79 Å². The number of halogens is 2. The zero-order valence-corrected chi connectivity index (χ0v) is 12.8. The first kappa shape index (κ1) is 17.0. The maximum Gasteiger partial charge on any atom is 0.238 e. The molecule has 0 saturated carbocycles. The molecule has 0 aliphatic carbocycles. The summed E-state index contributed by atoms with van der Waals surface area (Å²) in [7, 11) is 1.55. The van der Waals surface area contributed by atoms with Gasteiger partial charge in [0.15, 0.2) is 0 Å². The molecule has 3 N–H and O–H groups in total. The standard InChI is InChI=1S/C13H18ClN3O2.ClH/c1-19-12-3-2-9(14)6-11(12)16-13(18)8-17-5-4-10(15)7-17;/h2-3,6,10H,4-5,7-8,15H2,1H3,(H,16,18);1H/t10-;/m0./s1. The van der Waals surface area contributed by atoms with Gasteiger partial charge in [0, 0.05) is 24.2 Å². The second-order valence-corrected chi connectivity index (χ2v) is 5.11. The largest absolute Gasteiger partial charge is 0.495 e. The van der Waals surface area contributed by atoms with Crippen LogP contribution >= 0.6 is 24.0 Å². The fourth-order valence-electron chi connectivity index (χ4n) is 2.18. The lowest BCUT2D eigenvalue weighted by Gasteiger charge is -2.16. The van der Waals surface area contributed by atoms with Crippen molar-refractivity contribution in [3.05, 3.63) is 23.2 Å². The van der Waals surface area contributed by atoms with Crippen molar-refractivity contribution in [1.82, 2.24) is 4.90 Å². The highest BCUT2D eigenvalue weighted by Gasteiger charge is 2.21. The molecule has 1 atom stereocenters. The molecule has 20 heavy (non-hydrogen) atoms. The van der Waals surface area contributed by atoms with Gasteiger partial charge >= 0.3 is 0 Å². The number of likely N-dealkylation sites (tertiary alicyclic amines) is 1. The topological polar surface area (TPSA) is 67.6 Å². The summed E-state index contributed by atoms with van der Waals surface area (Å²) < 4.78 is 5.18. The Balaban J connectivity index is 0.00000200. The smallest absolute Gasteiger partial charge is 0.238 e. The highest BCUT2D eigenvalue weighted by atomic mass is 35.5. The third-order valence-electron chi connectivity index (χ3n) is 3.11. The minimum Gasteiger partial charge on any atom is -0.495 e. The molecule has 0 unspecified atom stereocenters. The van der Waals surface area contributed by atoms with E-state index in [1.54, 1.807) is 25.3 Å². The molecule has 0 bridgehead atoms. The zero-order valence-electron chi connectivity index (χ0n) is 11.3. The Labute approximate surface area is 129 Å². The van der Waals surface area contributed by atoms with Gasteiger partial charge in [0.2, 0.25) is 5.91 Å². The maximum atomic E-state index is 12.0. The van der Waals surface area contributed by atoms with Crippen molar-refractivity contribution in [1.29, 1.82) is 0 Å². The molecule has 2 rings (SSSR count). The molecule has 7 heteroatoms. The van der Waals surface area contributed by atoms with Crippen LogP contribution in [-0.2, 0) is 4.79 Å². The minimum atomic E-state index is -0.0883. The van der Waals surface area contributed by atoms with Gasteiger partial charge in [-0.3, -0.25) is 9.69 Å². The van der Waals surface area contributed by atoms with E-state index in [2.05, 4.69) is 5.32 Å². The first-order valence-electron chi connectivity index (χ1n) is 6.20. The van der Waals surface area contributed by atoms with Crippen LogP contribution in [0.2, 0.25) is 5.02 Å². The van der Waals surface area contributed by atoms with Crippen LogP contribution in [0, 0.1) is 0 Å². The van der Waals surface area contributed by atoms with Gasteiger partial charge in [-0.15, -0.1) is 12.4 Å². The number of nitrogens with zero attached hydrogens (tertiary/aromatic N) is 1. The monoisotopic (exact) mass is 319 g/mol. The molecular formula is C13H19Cl2N3O2. The number of nitrogens with two attached hydrogens (primary N) is 1. The number of amides is 1. The number of hydrogen-bond acceptors (Lipinski definition) is 4. The number of anilines is 1. The lowest BCUT2D eigenvalue weighted by molar-refractivity contribution is -0.117. The van der Waals surface area contributed by atoms with E-state index in [0.29, 0.717) is 23.0 Å². The molecular weight excluding hydrogens is 301 g/mol. The molecule has 1 aromatic rings. The van der Waals surface area contributed by atoms with Gasteiger partial charge < -0.3 is 15.8 Å². The SMILES string of the molecule is COc1ccc(Cl)cc1NC(=O)CN1CC[C@H](N)C1.Cl. The van der Waals surface area contributed by atoms with E-state index < -0.39 is 0 Å². The molecule has 1 heterocycles. The molecule has 0 aromatic heterocycles. The van der Waals surface area contributed by atoms with E-state index in [0.717, 1.165) is 19.5 Å². The first-order chi connectivity index (χ1) is 9.08. The highest BCUT2D eigenvalue weighted by Crippen LogP contribution is 2.27. The second-order valence-electron chi connectivity index (χ2n) is 4.68. The van der Waals surface area contributed by atoms with Crippen LogP contribution in [0.1, 0.15) is 6.42 Å². The number of nitrogens with one attached hydrogen (secondary N) is 1. The molecule has 112 valence electrons. The normalized spacial score (nSPS) is 18.4. The summed E-state index contributed by atoms with van der Waals surface area (Å²) >= 11 is 5.91. The minimum absolute atomic E-state index is 0. The van der Waals surface area contributed by atoms with E-state index in [4.69, 9.17) is 22.1 Å². The second kappa shape index (κ2) is 7.69. The summed E-state index contributed by atoms with van der Waals surface area (Å²) in [4.78, 5) is 14.0. The lowest BCUT2D eigenvalue weighted by Crippen LogP contribution is -2.33. The zero-order chi connectivity index (χ0) is 13.8. The van der Waals surface area contributed by atoms with Gasteiger partial charge in [-0.05, 0) is 24.6 Å². The Hall–Kier alpha value is -1.01. The Bertz CT molecular complexity index is 471. The van der Waals surface area contributed by atoms with Crippen LogP contribution in [0.15, 0.2) is 18.2 Å². The summed E-state index contributed by atoms with van der Waals surface area (Å²) in [6.45, 7) is 1.96. The Morgan fingerprint density at radius 1 is 1.60 bits per heavy atom. The molecule has 1 amide bonds. The number of carbonyl (C=O) groups is 1. The van der Waals surface area contributed by atoms with E-state index in [1.807, 2.05) is 4.90 Å². The molecule has 1 aliphatic rings. The summed E-state index contributed by atoms with van der Waals surface area (Å²) in [6, 6.07) is 5.29. The van der Waals surface area contributed by atoms with Gasteiger partial charge in [-0.25, -0.2) is 0 Å². The Morgan fingerprint density at radius 2 is 2.35 bits per heavy atom. The van der Waals surface area contributed by atoms with Crippen LogP contribution in [0.4, 0.5) is 5.69 Å². The Kier molecular flexibility index (Phi) is 6.55. The average Bonchev–Trinajstić information content (AvgIpc) is 2.75. The lowest BCUT2D eigenvalue weighted by atomic mass is 10.3. The van der Waals surface area contributed by atoms with Crippen molar-refractivity contribution < 1.29 is 9.53 Å². The van der Waals surface area contributed by atoms with Gasteiger partial charge in [0.05, 0.1) is 19.3 Å². The number of methoxy groups -OCH3 is 1. The van der Waals surface area contributed by atoms with Crippen LogP contribution in [0.3, 0.4) is 0 Å². The van der Waals surface area contributed by atoms with E-state index in [1.165, 1.54) is 0 Å². The van der Waals surface area contributed by atoms with Crippen LogP contribution in [-0.4, -0.2) is 43.6 Å². The van der Waals surface area contributed by atoms with Crippen molar-refractivity contribution in [3.63, 3.8) is 0 Å². The molecule has 5 nitrogen and oxygen atoms in total. The summed E-state index contributed by atoms with van der Waals surface area (Å²) in [6.07, 6.45) is 0.938. The summed E-state index contributed by atoms with van der Waals surface area (Å²) in [5.41, 5.74) is 6.39. The van der Waals surface area contributed by atoms with Crippen molar-refractivity contribution in [3.8, 4) is 5.75 Å². The van der Waals surface area contributed by atoms with E-state index in [-0.39, 0.29) is 24.4 Å². The molecule has 1 fully saturated rings. The van der Waals surface area contributed by atoms with Gasteiger partial charge in [0.1, 0.15) is 5.75 Å². The van der Waals surface area contributed by atoms with Crippen LogP contribution < -0.4 is 15.8 Å². The van der Waals surface area contributed by atoms with Crippen molar-refractivity contribution >= 4 is 35.6 Å². The quantitative estimate of drug-likeness (QED) is 0.887. The molecule has 0 spiro atoms. The van der Waals surface area contributed by atoms with Gasteiger partial charge in [-0.2, -0.15) is 0 Å². The number of hydrogen-bond donors (Lipinski definition) is 2. The number of rotatable bonds is 4. The van der Waals surface area contributed by atoms with Gasteiger partial charge in [-0.1, -0.05) is 11.6 Å². The fourth-order valence-corrected chi connectivity index (χ4v) is 2.35. The van der Waals surface area contributed by atoms with Crippen molar-refractivity contribution in [2.75, 3.05) is 32.1 Å². The number of benzene rings is 1. The van der Waals surface area contributed by atoms with E-state index >= 15 is 0 Å². The molecule has 1 saturated heterocycles. The average molecular weight is 320 g/mol. The van der Waals surface area contributed by atoms with Crippen molar-refractivity contribution in [2.45, 2.75) is 12.5 Å². The Morgan fingerprint density at radius 3 is 2.95 bits per heavy atom. The predicted molar refractivity (Wildman–Crippen MR) is 82.9 cm³/mol. The third kappa shape index (κ3) is 4.52. The summed E-state index contributed by atoms with van der Waals surface area (Å²) in [5, 5.41) is 3.37. The molecule has 0 radical (unpaired) electrons. The predicted octanol–water partition coefficient (Wildman–Crippen LogP) is 1.74. The number of ether oxygens (including phenoxy) is 1. The van der Waals surface area contributed by atoms with Crippen LogP contribution in [0.5, 0.6) is 5.75 Å².